The van der Waals surface area contributed by atoms with Crippen LogP contribution in [-0.2, 0) is 6.42 Å². The fourth-order valence-electron chi connectivity index (χ4n) is 3.03. The van der Waals surface area contributed by atoms with Crippen molar-refractivity contribution in [3.63, 3.8) is 0 Å². The van der Waals surface area contributed by atoms with Gasteiger partial charge in [-0.25, -0.2) is 19.7 Å². The molecule has 29 heavy (non-hydrogen) atoms. The highest BCUT2D eigenvalue weighted by atomic mass is 35.5. The van der Waals surface area contributed by atoms with Crippen molar-refractivity contribution < 1.29 is 4.79 Å². The standard InChI is InChI=1S/C21H32ClN5OS/c1-4-18-19(22)20(25-15-24-18)27(21(28)26-13-11-23-16-26)12-9-7-5-6-8-10-14-29-17(2)3/h11,13,15-17H,4-10,12,14H2,1-3H3. The number of hydrogen-bond donors (Lipinski definition) is 0. The molecule has 0 saturated heterocycles. The third kappa shape index (κ3) is 7.63. The molecule has 2 aromatic heterocycles. The molecular weight excluding hydrogens is 406 g/mol. The van der Waals surface area contributed by atoms with Crippen molar-refractivity contribution in [2.24, 2.45) is 0 Å². The molecule has 0 aliphatic heterocycles. The summed E-state index contributed by atoms with van der Waals surface area (Å²) in [5, 5.41) is 1.17. The maximum Gasteiger partial charge on any atom is 0.335 e. The van der Waals surface area contributed by atoms with Crippen molar-refractivity contribution in [3.8, 4) is 0 Å². The maximum absolute atomic E-state index is 13.0. The summed E-state index contributed by atoms with van der Waals surface area (Å²) in [5.41, 5.74) is 0.749. The summed E-state index contributed by atoms with van der Waals surface area (Å²) in [6, 6.07) is -0.198. The van der Waals surface area contributed by atoms with Gasteiger partial charge in [-0.3, -0.25) is 9.47 Å². The van der Waals surface area contributed by atoms with Crippen molar-refractivity contribution in [2.45, 2.75) is 71.0 Å². The third-order valence-corrected chi connectivity index (χ3v) is 6.20. The highest BCUT2D eigenvalue weighted by molar-refractivity contribution is 7.99. The largest absolute Gasteiger partial charge is 0.335 e. The predicted octanol–water partition coefficient (Wildman–Crippen LogP) is 5.85. The molecular formula is C21H32ClN5OS. The molecule has 0 N–H and O–H groups in total. The van der Waals surface area contributed by atoms with E-state index < -0.39 is 0 Å². The number of unbranched alkanes of at least 4 members (excludes halogenated alkanes) is 5. The van der Waals surface area contributed by atoms with Gasteiger partial charge in [-0.15, -0.1) is 0 Å². The molecule has 0 spiro atoms. The van der Waals surface area contributed by atoms with E-state index in [0.717, 1.165) is 23.8 Å². The molecule has 0 atom stereocenters. The zero-order valence-corrected chi connectivity index (χ0v) is 19.3. The minimum atomic E-state index is -0.198. The van der Waals surface area contributed by atoms with Gasteiger partial charge in [0.15, 0.2) is 5.82 Å². The van der Waals surface area contributed by atoms with Crippen LogP contribution in [0.4, 0.5) is 10.6 Å². The van der Waals surface area contributed by atoms with E-state index in [9.17, 15) is 4.79 Å². The maximum atomic E-state index is 13.0. The van der Waals surface area contributed by atoms with Gasteiger partial charge in [0.25, 0.3) is 0 Å². The molecule has 0 radical (unpaired) electrons. The average Bonchev–Trinajstić information content (AvgIpc) is 3.24. The fraction of sp³-hybridized carbons (Fsp3) is 0.619. The third-order valence-electron chi connectivity index (χ3n) is 4.62. The van der Waals surface area contributed by atoms with E-state index in [1.165, 1.54) is 48.7 Å². The van der Waals surface area contributed by atoms with Crippen LogP contribution in [0.1, 0.15) is 65.0 Å². The Labute approximate surface area is 183 Å². The summed E-state index contributed by atoms with van der Waals surface area (Å²) in [6.07, 6.45) is 13.9. The van der Waals surface area contributed by atoms with E-state index in [1.807, 2.05) is 18.7 Å². The number of thioether (sulfide) groups is 1. The Balaban J connectivity index is 1.90. The molecule has 2 aromatic rings. The van der Waals surface area contributed by atoms with Crippen molar-refractivity contribution in [1.82, 2.24) is 19.5 Å². The van der Waals surface area contributed by atoms with Gasteiger partial charge in [0.1, 0.15) is 17.7 Å². The number of imidazole rings is 1. The zero-order chi connectivity index (χ0) is 21.1. The van der Waals surface area contributed by atoms with Crippen LogP contribution in [0.3, 0.4) is 0 Å². The lowest BCUT2D eigenvalue weighted by molar-refractivity contribution is 0.247. The lowest BCUT2D eigenvalue weighted by Crippen LogP contribution is -2.36. The van der Waals surface area contributed by atoms with Gasteiger partial charge < -0.3 is 0 Å². The van der Waals surface area contributed by atoms with Crippen LogP contribution >= 0.6 is 23.4 Å². The lowest BCUT2D eigenvalue weighted by atomic mass is 10.1. The second-order valence-electron chi connectivity index (χ2n) is 7.26. The second kappa shape index (κ2) is 12.9. The van der Waals surface area contributed by atoms with Crippen molar-refractivity contribution in [3.05, 3.63) is 35.8 Å². The molecule has 0 unspecified atom stereocenters. The molecule has 0 aliphatic rings. The number of rotatable bonds is 12. The molecule has 160 valence electrons. The predicted molar refractivity (Wildman–Crippen MR) is 122 cm³/mol. The highest BCUT2D eigenvalue weighted by Crippen LogP contribution is 2.27. The minimum absolute atomic E-state index is 0.198. The summed E-state index contributed by atoms with van der Waals surface area (Å²) in [6.45, 7) is 7.05. The Hall–Kier alpha value is -1.60. The first-order valence-corrected chi connectivity index (χ1v) is 11.9. The number of halogens is 1. The number of aromatic nitrogens is 4. The van der Waals surface area contributed by atoms with E-state index in [4.69, 9.17) is 11.6 Å². The van der Waals surface area contributed by atoms with Gasteiger partial charge in [-0.05, 0) is 30.3 Å². The molecule has 6 nitrogen and oxygen atoms in total. The quantitative estimate of drug-likeness (QED) is 0.390. The molecule has 1 amide bonds. The van der Waals surface area contributed by atoms with Gasteiger partial charge in [-0.2, -0.15) is 11.8 Å². The Kier molecular flexibility index (Phi) is 10.5. The molecule has 0 saturated carbocycles. The van der Waals surface area contributed by atoms with E-state index in [0.29, 0.717) is 23.8 Å². The summed E-state index contributed by atoms with van der Waals surface area (Å²) >= 11 is 8.53. The van der Waals surface area contributed by atoms with E-state index in [-0.39, 0.29) is 6.03 Å². The van der Waals surface area contributed by atoms with Crippen LogP contribution in [0.2, 0.25) is 5.02 Å². The van der Waals surface area contributed by atoms with Gasteiger partial charge in [0, 0.05) is 18.9 Å². The lowest BCUT2D eigenvalue weighted by Gasteiger charge is -2.23. The second-order valence-corrected chi connectivity index (χ2v) is 9.32. The van der Waals surface area contributed by atoms with Crippen molar-refractivity contribution in [2.75, 3.05) is 17.2 Å². The number of nitrogens with zero attached hydrogens (tertiary/aromatic N) is 5. The van der Waals surface area contributed by atoms with Crippen molar-refractivity contribution >= 4 is 35.2 Å². The molecule has 8 heteroatoms. The molecule has 0 fully saturated rings. The molecule has 0 bridgehead atoms. The number of hydrogen-bond acceptors (Lipinski definition) is 5. The van der Waals surface area contributed by atoms with Crippen LogP contribution < -0.4 is 4.90 Å². The van der Waals surface area contributed by atoms with E-state index in [1.54, 1.807) is 17.3 Å². The normalized spacial score (nSPS) is 11.2. The zero-order valence-electron chi connectivity index (χ0n) is 17.7. The van der Waals surface area contributed by atoms with Gasteiger partial charge in [0.2, 0.25) is 0 Å². The average molecular weight is 438 g/mol. The summed E-state index contributed by atoms with van der Waals surface area (Å²) in [7, 11) is 0. The summed E-state index contributed by atoms with van der Waals surface area (Å²) < 4.78 is 1.45. The Bertz CT molecular complexity index is 739. The summed E-state index contributed by atoms with van der Waals surface area (Å²) in [4.78, 5) is 27.1. The van der Waals surface area contributed by atoms with Crippen LogP contribution in [-0.4, -0.2) is 43.1 Å². The van der Waals surface area contributed by atoms with Gasteiger partial charge >= 0.3 is 6.03 Å². The fourth-order valence-corrected chi connectivity index (χ4v) is 4.21. The van der Waals surface area contributed by atoms with Crippen molar-refractivity contribution in [1.29, 1.82) is 0 Å². The van der Waals surface area contributed by atoms with E-state index in [2.05, 4.69) is 28.8 Å². The Morgan fingerprint density at radius 2 is 1.90 bits per heavy atom. The number of carbonyl (C=O) groups excluding carboxylic acids is 1. The SMILES string of the molecule is CCc1ncnc(N(CCCCCCCCSC(C)C)C(=O)n2ccnc2)c1Cl. The molecule has 0 aliphatic carbocycles. The molecule has 0 aromatic carbocycles. The summed E-state index contributed by atoms with van der Waals surface area (Å²) in [5.74, 6) is 1.72. The number of carbonyl (C=O) groups is 1. The monoisotopic (exact) mass is 437 g/mol. The van der Waals surface area contributed by atoms with Gasteiger partial charge in [-0.1, -0.05) is 58.1 Å². The van der Waals surface area contributed by atoms with E-state index >= 15 is 0 Å². The first-order chi connectivity index (χ1) is 14.0. The highest BCUT2D eigenvalue weighted by Gasteiger charge is 2.22. The van der Waals surface area contributed by atoms with Crippen LogP contribution in [0.15, 0.2) is 25.0 Å². The number of amides is 1. The first-order valence-electron chi connectivity index (χ1n) is 10.4. The van der Waals surface area contributed by atoms with Crippen LogP contribution in [0.25, 0.3) is 0 Å². The number of aryl methyl sites for hydroxylation is 1. The van der Waals surface area contributed by atoms with Crippen LogP contribution in [0, 0.1) is 0 Å². The van der Waals surface area contributed by atoms with Gasteiger partial charge in [0.05, 0.1) is 5.69 Å². The first kappa shape index (κ1) is 23.7. The minimum Gasteiger partial charge on any atom is -0.276 e. The smallest absolute Gasteiger partial charge is 0.276 e. The topological polar surface area (TPSA) is 63.9 Å². The van der Waals surface area contributed by atoms with Crippen LogP contribution in [0.5, 0.6) is 0 Å². The Morgan fingerprint density at radius 3 is 2.55 bits per heavy atom. The molecule has 2 heterocycles. The number of anilines is 1. The Morgan fingerprint density at radius 1 is 1.17 bits per heavy atom. The molecule has 2 rings (SSSR count).